The monoisotopic (exact) mass is 219 g/mol. The van der Waals surface area contributed by atoms with E-state index in [-0.39, 0.29) is 12.7 Å². The molecule has 0 atom stereocenters. The van der Waals surface area contributed by atoms with Crippen molar-refractivity contribution in [1.82, 2.24) is 5.32 Å². The van der Waals surface area contributed by atoms with Crippen molar-refractivity contribution in [3.05, 3.63) is 29.8 Å². The van der Waals surface area contributed by atoms with Crippen LogP contribution in [-0.4, -0.2) is 19.2 Å². The third-order valence-electron chi connectivity index (χ3n) is 2.17. The van der Waals surface area contributed by atoms with Gasteiger partial charge in [0.25, 0.3) is 0 Å². The second-order valence-electron chi connectivity index (χ2n) is 3.34. The molecule has 0 bridgehead atoms. The zero-order valence-electron chi connectivity index (χ0n) is 9.03. The lowest BCUT2D eigenvalue weighted by Gasteiger charge is -1.98. The van der Waals surface area contributed by atoms with Crippen molar-refractivity contribution in [3.63, 3.8) is 0 Å². The van der Waals surface area contributed by atoms with Crippen molar-refractivity contribution in [3.8, 4) is 11.5 Å². The maximum Gasteiger partial charge on any atom is 0.243 e. The number of hydrogen-bond donors (Lipinski definition) is 1. The highest BCUT2D eigenvalue weighted by Gasteiger charge is 2.12. The number of fused-ring (bicyclic) bond motifs is 1. The number of hydrogen-bond acceptors (Lipinski definition) is 3. The minimum atomic E-state index is -0.0971. The van der Waals surface area contributed by atoms with E-state index in [1.54, 1.807) is 6.08 Å². The predicted octanol–water partition coefficient (Wildman–Crippen LogP) is 1.56. The van der Waals surface area contributed by atoms with Gasteiger partial charge in [0, 0.05) is 12.6 Å². The second kappa shape index (κ2) is 4.70. The van der Waals surface area contributed by atoms with Crippen LogP contribution in [0, 0.1) is 0 Å². The van der Waals surface area contributed by atoms with Crippen LogP contribution in [0.15, 0.2) is 24.3 Å². The molecule has 1 heterocycles. The minimum Gasteiger partial charge on any atom is -0.454 e. The summed E-state index contributed by atoms with van der Waals surface area (Å²) in [5.41, 5.74) is 0.913. The van der Waals surface area contributed by atoms with Gasteiger partial charge in [-0.3, -0.25) is 4.79 Å². The summed E-state index contributed by atoms with van der Waals surface area (Å²) < 4.78 is 10.4. The Hall–Kier alpha value is -1.97. The summed E-state index contributed by atoms with van der Waals surface area (Å²) in [6.45, 7) is 2.77. The first kappa shape index (κ1) is 10.5. The maximum absolute atomic E-state index is 11.2. The maximum atomic E-state index is 11.2. The van der Waals surface area contributed by atoms with Crippen LogP contribution in [0.3, 0.4) is 0 Å². The Morgan fingerprint density at radius 1 is 1.44 bits per heavy atom. The van der Waals surface area contributed by atoms with E-state index in [9.17, 15) is 4.79 Å². The third-order valence-corrected chi connectivity index (χ3v) is 2.17. The highest BCUT2D eigenvalue weighted by Crippen LogP contribution is 2.32. The fraction of sp³-hybridized carbons (Fsp3) is 0.250. The van der Waals surface area contributed by atoms with Gasteiger partial charge in [0.05, 0.1) is 0 Å². The lowest BCUT2D eigenvalue weighted by Crippen LogP contribution is -2.19. The van der Waals surface area contributed by atoms with E-state index in [1.165, 1.54) is 6.08 Å². The Labute approximate surface area is 93.9 Å². The lowest BCUT2D eigenvalue weighted by molar-refractivity contribution is -0.116. The number of carbonyl (C=O) groups excluding carboxylic acids is 1. The fourth-order valence-electron chi connectivity index (χ4n) is 1.42. The molecular formula is C12H13NO3. The van der Waals surface area contributed by atoms with Gasteiger partial charge >= 0.3 is 0 Å². The lowest BCUT2D eigenvalue weighted by atomic mass is 10.2. The number of carbonyl (C=O) groups is 1. The first-order chi connectivity index (χ1) is 7.79. The standard InChI is InChI=1S/C12H13NO3/c1-2-13-12(14)6-4-9-3-5-10-11(7-9)16-8-15-10/h3-7H,2,8H2,1H3,(H,13,14). The quantitative estimate of drug-likeness (QED) is 0.785. The zero-order valence-corrected chi connectivity index (χ0v) is 9.03. The van der Waals surface area contributed by atoms with E-state index in [0.29, 0.717) is 6.54 Å². The van der Waals surface area contributed by atoms with E-state index in [2.05, 4.69) is 5.32 Å². The molecule has 0 spiro atoms. The molecule has 1 amide bonds. The van der Waals surface area contributed by atoms with Gasteiger partial charge in [0.1, 0.15) is 0 Å². The Kier molecular flexibility index (Phi) is 3.10. The summed E-state index contributed by atoms with van der Waals surface area (Å²) in [5, 5.41) is 2.69. The van der Waals surface area contributed by atoms with Crippen LogP contribution < -0.4 is 14.8 Å². The first-order valence-corrected chi connectivity index (χ1v) is 5.15. The van der Waals surface area contributed by atoms with Crippen molar-refractivity contribution in [1.29, 1.82) is 0 Å². The van der Waals surface area contributed by atoms with Crippen LogP contribution >= 0.6 is 0 Å². The first-order valence-electron chi connectivity index (χ1n) is 5.15. The van der Waals surface area contributed by atoms with Crippen molar-refractivity contribution in [2.45, 2.75) is 6.92 Å². The van der Waals surface area contributed by atoms with E-state index in [0.717, 1.165) is 17.1 Å². The molecule has 1 aromatic carbocycles. The summed E-state index contributed by atoms with van der Waals surface area (Å²) in [4.78, 5) is 11.2. The van der Waals surface area contributed by atoms with E-state index >= 15 is 0 Å². The van der Waals surface area contributed by atoms with Crippen LogP contribution in [0.2, 0.25) is 0 Å². The van der Waals surface area contributed by atoms with Gasteiger partial charge in [-0.25, -0.2) is 0 Å². The topological polar surface area (TPSA) is 47.6 Å². The van der Waals surface area contributed by atoms with Gasteiger partial charge in [0.15, 0.2) is 11.5 Å². The molecule has 84 valence electrons. The van der Waals surface area contributed by atoms with Gasteiger partial charge in [-0.1, -0.05) is 6.07 Å². The summed E-state index contributed by atoms with van der Waals surface area (Å²) in [6, 6.07) is 5.56. The molecular weight excluding hydrogens is 206 g/mol. The van der Waals surface area contributed by atoms with Crippen LogP contribution in [0.25, 0.3) is 6.08 Å². The number of likely N-dealkylation sites (N-methyl/N-ethyl adjacent to an activating group) is 1. The average Bonchev–Trinajstić information content (AvgIpc) is 2.74. The minimum absolute atomic E-state index is 0.0971. The summed E-state index contributed by atoms with van der Waals surface area (Å²) in [6.07, 6.45) is 3.24. The fourth-order valence-corrected chi connectivity index (χ4v) is 1.42. The van der Waals surface area contributed by atoms with E-state index < -0.39 is 0 Å². The summed E-state index contributed by atoms with van der Waals surface area (Å²) in [5.74, 6) is 1.37. The zero-order chi connectivity index (χ0) is 11.4. The number of ether oxygens (including phenoxy) is 2. The smallest absolute Gasteiger partial charge is 0.243 e. The molecule has 1 aromatic rings. The number of benzene rings is 1. The molecule has 0 aromatic heterocycles. The Morgan fingerprint density at radius 3 is 3.06 bits per heavy atom. The van der Waals surface area contributed by atoms with Crippen molar-refractivity contribution in [2.75, 3.05) is 13.3 Å². The molecule has 4 nitrogen and oxygen atoms in total. The van der Waals surface area contributed by atoms with E-state index in [4.69, 9.17) is 9.47 Å². The molecule has 0 saturated heterocycles. The Bertz CT molecular complexity index is 426. The molecule has 0 fully saturated rings. The van der Waals surface area contributed by atoms with Crippen molar-refractivity contribution in [2.24, 2.45) is 0 Å². The van der Waals surface area contributed by atoms with Gasteiger partial charge in [-0.2, -0.15) is 0 Å². The molecule has 0 unspecified atom stereocenters. The van der Waals surface area contributed by atoms with E-state index in [1.807, 2.05) is 25.1 Å². The number of rotatable bonds is 3. The number of amides is 1. The molecule has 1 aliphatic rings. The van der Waals surface area contributed by atoms with Gasteiger partial charge in [-0.15, -0.1) is 0 Å². The normalized spacial score (nSPS) is 13.1. The van der Waals surface area contributed by atoms with Gasteiger partial charge in [0.2, 0.25) is 12.7 Å². The predicted molar refractivity (Wildman–Crippen MR) is 60.3 cm³/mol. The Balaban J connectivity index is 2.08. The largest absolute Gasteiger partial charge is 0.454 e. The van der Waals surface area contributed by atoms with Gasteiger partial charge < -0.3 is 14.8 Å². The molecule has 0 saturated carbocycles. The highest BCUT2D eigenvalue weighted by molar-refractivity contribution is 5.91. The van der Waals surface area contributed by atoms with Crippen molar-refractivity contribution < 1.29 is 14.3 Å². The number of nitrogens with one attached hydrogen (secondary N) is 1. The van der Waals surface area contributed by atoms with Crippen molar-refractivity contribution >= 4 is 12.0 Å². The van der Waals surface area contributed by atoms with Crippen LogP contribution in [0.5, 0.6) is 11.5 Å². The molecule has 0 radical (unpaired) electrons. The SMILES string of the molecule is CCNC(=O)C=Cc1ccc2c(c1)OCO2. The highest BCUT2D eigenvalue weighted by atomic mass is 16.7. The molecule has 16 heavy (non-hydrogen) atoms. The molecule has 1 aliphatic heterocycles. The summed E-state index contributed by atoms with van der Waals surface area (Å²) in [7, 11) is 0. The van der Waals surface area contributed by atoms with Gasteiger partial charge in [-0.05, 0) is 30.7 Å². The average molecular weight is 219 g/mol. The third kappa shape index (κ3) is 2.34. The molecule has 0 aliphatic carbocycles. The van der Waals surface area contributed by atoms with Crippen LogP contribution in [-0.2, 0) is 4.79 Å². The molecule has 1 N–H and O–H groups in total. The van der Waals surface area contributed by atoms with Crippen LogP contribution in [0.1, 0.15) is 12.5 Å². The second-order valence-corrected chi connectivity index (χ2v) is 3.34. The Morgan fingerprint density at radius 2 is 2.25 bits per heavy atom. The van der Waals surface area contributed by atoms with Crippen LogP contribution in [0.4, 0.5) is 0 Å². The molecule has 4 heteroatoms. The molecule has 2 rings (SSSR count). The summed E-state index contributed by atoms with van der Waals surface area (Å²) >= 11 is 0.